The highest BCUT2D eigenvalue weighted by molar-refractivity contribution is 6.07. The number of amides is 2. The van der Waals surface area contributed by atoms with Crippen molar-refractivity contribution < 1.29 is 9.59 Å². The van der Waals surface area contributed by atoms with Gasteiger partial charge in [0.25, 0.3) is 5.91 Å². The average Bonchev–Trinajstić information content (AvgIpc) is 3.09. The van der Waals surface area contributed by atoms with Crippen molar-refractivity contribution in [3.8, 4) is 0 Å². The van der Waals surface area contributed by atoms with Crippen LogP contribution >= 0.6 is 0 Å². The second kappa shape index (κ2) is 7.56. The first-order chi connectivity index (χ1) is 12.5. The molecule has 26 heavy (non-hydrogen) atoms. The van der Waals surface area contributed by atoms with Crippen LogP contribution in [0, 0.1) is 5.92 Å². The Labute approximate surface area is 153 Å². The molecule has 0 saturated heterocycles. The Morgan fingerprint density at radius 2 is 1.92 bits per heavy atom. The summed E-state index contributed by atoms with van der Waals surface area (Å²) in [7, 11) is 1.61. The summed E-state index contributed by atoms with van der Waals surface area (Å²) in [6, 6.07) is 11.1. The normalized spacial score (nSPS) is 14.1. The molecule has 1 aliphatic heterocycles. The Balaban J connectivity index is 1.74. The molecule has 0 saturated carbocycles. The lowest BCUT2D eigenvalue weighted by Crippen LogP contribution is -2.41. The molecule has 0 aliphatic carbocycles. The molecule has 3 rings (SSSR count). The van der Waals surface area contributed by atoms with Crippen molar-refractivity contribution in [3.63, 3.8) is 0 Å². The number of nitrogens with zero attached hydrogens (tertiary/aromatic N) is 2. The number of anilines is 2. The Morgan fingerprint density at radius 3 is 2.58 bits per heavy atom. The van der Waals surface area contributed by atoms with Gasteiger partial charge in [0.2, 0.25) is 5.91 Å². The van der Waals surface area contributed by atoms with Crippen molar-refractivity contribution in [2.45, 2.75) is 26.3 Å². The summed E-state index contributed by atoms with van der Waals surface area (Å²) in [4.78, 5) is 30.9. The summed E-state index contributed by atoms with van der Waals surface area (Å²) >= 11 is 0. The first-order valence-corrected chi connectivity index (χ1v) is 8.85. The molecular formula is C20H24N4O2. The Morgan fingerprint density at radius 1 is 1.15 bits per heavy atom. The Bertz CT molecular complexity index is 802. The predicted octanol–water partition coefficient (Wildman–Crippen LogP) is 2.47. The van der Waals surface area contributed by atoms with Gasteiger partial charge in [-0.2, -0.15) is 0 Å². The van der Waals surface area contributed by atoms with Gasteiger partial charge in [-0.25, -0.2) is 4.98 Å². The number of fused-ring (bicyclic) bond motifs is 1. The third-order valence-electron chi connectivity index (χ3n) is 4.64. The minimum Gasteiger partial charge on any atom is -0.358 e. The van der Waals surface area contributed by atoms with Crippen molar-refractivity contribution in [1.29, 1.82) is 0 Å². The fraction of sp³-hybridized carbons (Fsp3) is 0.350. The molecule has 1 unspecified atom stereocenters. The van der Waals surface area contributed by atoms with Gasteiger partial charge in [-0.15, -0.1) is 0 Å². The quantitative estimate of drug-likeness (QED) is 0.867. The van der Waals surface area contributed by atoms with Crippen LogP contribution in [0.1, 0.15) is 29.8 Å². The highest BCUT2D eigenvalue weighted by Crippen LogP contribution is 2.28. The van der Waals surface area contributed by atoms with Gasteiger partial charge in [-0.1, -0.05) is 32.0 Å². The number of pyridine rings is 1. The van der Waals surface area contributed by atoms with Gasteiger partial charge in [0.1, 0.15) is 11.9 Å². The maximum Gasteiger partial charge on any atom is 0.259 e. The summed E-state index contributed by atoms with van der Waals surface area (Å²) in [5.74, 6) is 0.543. The van der Waals surface area contributed by atoms with E-state index in [4.69, 9.17) is 0 Å². The molecule has 1 aromatic heterocycles. The molecule has 2 aromatic rings. The van der Waals surface area contributed by atoms with E-state index in [1.165, 1.54) is 5.56 Å². The van der Waals surface area contributed by atoms with Crippen molar-refractivity contribution in [3.05, 3.63) is 53.7 Å². The van der Waals surface area contributed by atoms with Crippen molar-refractivity contribution in [2.75, 3.05) is 23.8 Å². The SMILES string of the molecule is CNC(=O)C(Nc1ccc(C(=O)N2CCc3ccccc32)cn1)C(C)C. The molecule has 6 heteroatoms. The third-order valence-corrected chi connectivity index (χ3v) is 4.64. The lowest BCUT2D eigenvalue weighted by Gasteiger charge is -2.21. The van der Waals surface area contributed by atoms with Crippen LogP contribution in [0.5, 0.6) is 0 Å². The van der Waals surface area contributed by atoms with Crippen LogP contribution in [-0.2, 0) is 11.2 Å². The van der Waals surface area contributed by atoms with Gasteiger partial charge >= 0.3 is 0 Å². The summed E-state index contributed by atoms with van der Waals surface area (Å²) in [6.45, 7) is 4.62. The fourth-order valence-corrected chi connectivity index (χ4v) is 3.16. The number of carbonyl (C=O) groups is 2. The van der Waals surface area contributed by atoms with Gasteiger partial charge in [0.15, 0.2) is 0 Å². The highest BCUT2D eigenvalue weighted by Gasteiger charge is 2.26. The predicted molar refractivity (Wildman–Crippen MR) is 102 cm³/mol. The van der Waals surface area contributed by atoms with Crippen LogP contribution in [0.3, 0.4) is 0 Å². The van der Waals surface area contributed by atoms with Gasteiger partial charge in [-0.05, 0) is 36.1 Å². The second-order valence-corrected chi connectivity index (χ2v) is 6.75. The number of hydrogen-bond acceptors (Lipinski definition) is 4. The van der Waals surface area contributed by atoms with E-state index in [9.17, 15) is 9.59 Å². The topological polar surface area (TPSA) is 74.3 Å². The number of aromatic nitrogens is 1. The molecule has 0 fully saturated rings. The average molecular weight is 352 g/mol. The molecule has 136 valence electrons. The molecule has 1 aliphatic rings. The van der Waals surface area contributed by atoms with Crippen molar-refractivity contribution in [1.82, 2.24) is 10.3 Å². The van der Waals surface area contributed by atoms with E-state index in [1.54, 1.807) is 30.3 Å². The van der Waals surface area contributed by atoms with Crippen LogP contribution in [0.4, 0.5) is 11.5 Å². The monoisotopic (exact) mass is 352 g/mol. The maximum absolute atomic E-state index is 12.8. The molecule has 2 heterocycles. The molecule has 1 aromatic carbocycles. The van der Waals surface area contributed by atoms with Gasteiger partial charge in [0.05, 0.1) is 5.56 Å². The van der Waals surface area contributed by atoms with E-state index in [1.807, 2.05) is 32.0 Å². The van der Waals surface area contributed by atoms with Crippen LogP contribution in [0.25, 0.3) is 0 Å². The van der Waals surface area contributed by atoms with E-state index >= 15 is 0 Å². The minimum absolute atomic E-state index is 0.0549. The third kappa shape index (κ3) is 3.54. The second-order valence-electron chi connectivity index (χ2n) is 6.75. The smallest absolute Gasteiger partial charge is 0.259 e. The highest BCUT2D eigenvalue weighted by atomic mass is 16.2. The van der Waals surface area contributed by atoms with Crippen LogP contribution < -0.4 is 15.5 Å². The summed E-state index contributed by atoms with van der Waals surface area (Å²) in [5, 5.41) is 5.79. The summed E-state index contributed by atoms with van der Waals surface area (Å²) < 4.78 is 0. The van der Waals surface area contributed by atoms with E-state index in [-0.39, 0.29) is 23.8 Å². The van der Waals surface area contributed by atoms with Gasteiger partial charge in [-0.3, -0.25) is 9.59 Å². The zero-order chi connectivity index (χ0) is 18.7. The summed E-state index contributed by atoms with van der Waals surface area (Å²) in [5.41, 5.74) is 2.70. The molecule has 2 amide bonds. The first-order valence-electron chi connectivity index (χ1n) is 8.85. The van der Waals surface area contributed by atoms with E-state index < -0.39 is 0 Å². The standard InChI is InChI=1S/C20H24N4O2/c1-13(2)18(19(25)21-3)23-17-9-8-15(12-22-17)20(26)24-11-10-14-6-4-5-7-16(14)24/h4-9,12-13,18H,10-11H2,1-3H3,(H,21,25)(H,22,23). The van der Waals surface area contributed by atoms with Gasteiger partial charge < -0.3 is 15.5 Å². The number of rotatable bonds is 5. The molecule has 2 N–H and O–H groups in total. The lowest BCUT2D eigenvalue weighted by molar-refractivity contribution is -0.122. The maximum atomic E-state index is 12.8. The zero-order valence-corrected chi connectivity index (χ0v) is 15.3. The number of para-hydroxylation sites is 1. The van der Waals surface area contributed by atoms with Crippen molar-refractivity contribution in [2.24, 2.45) is 5.92 Å². The zero-order valence-electron chi connectivity index (χ0n) is 15.3. The Kier molecular flexibility index (Phi) is 5.21. The van der Waals surface area contributed by atoms with Crippen molar-refractivity contribution >= 4 is 23.3 Å². The fourth-order valence-electron chi connectivity index (χ4n) is 3.16. The van der Waals surface area contributed by atoms with E-state index in [0.717, 1.165) is 12.1 Å². The summed E-state index contributed by atoms with van der Waals surface area (Å²) in [6.07, 6.45) is 2.43. The molecular weight excluding hydrogens is 328 g/mol. The number of hydrogen-bond donors (Lipinski definition) is 2. The molecule has 6 nitrogen and oxygen atoms in total. The largest absolute Gasteiger partial charge is 0.358 e. The number of carbonyl (C=O) groups excluding carboxylic acids is 2. The molecule has 0 bridgehead atoms. The van der Waals surface area contributed by atoms with Crippen LogP contribution in [0.2, 0.25) is 0 Å². The molecule has 0 radical (unpaired) electrons. The molecule has 0 spiro atoms. The number of likely N-dealkylation sites (N-methyl/N-ethyl adjacent to an activating group) is 1. The van der Waals surface area contributed by atoms with E-state index in [0.29, 0.717) is 17.9 Å². The number of nitrogens with one attached hydrogen (secondary N) is 2. The van der Waals surface area contributed by atoms with E-state index in [2.05, 4.69) is 21.7 Å². The first kappa shape index (κ1) is 17.9. The van der Waals surface area contributed by atoms with Crippen LogP contribution in [-0.4, -0.2) is 36.4 Å². The van der Waals surface area contributed by atoms with Crippen LogP contribution in [0.15, 0.2) is 42.6 Å². The molecule has 1 atom stereocenters. The lowest BCUT2D eigenvalue weighted by atomic mass is 10.0. The Hall–Kier alpha value is -2.89. The number of benzene rings is 1. The minimum atomic E-state index is -0.375. The van der Waals surface area contributed by atoms with Gasteiger partial charge in [0, 0.05) is 25.5 Å².